The third-order valence-corrected chi connectivity index (χ3v) is 7.96. The Bertz CT molecular complexity index is 1140. The predicted molar refractivity (Wildman–Crippen MR) is 136 cm³/mol. The van der Waals surface area contributed by atoms with Gasteiger partial charge in [-0.2, -0.15) is 4.31 Å². The highest BCUT2D eigenvalue weighted by atomic mass is 32.2. The quantitative estimate of drug-likeness (QED) is 0.581. The molecule has 9 heteroatoms. The van der Waals surface area contributed by atoms with Crippen LogP contribution in [0.25, 0.3) is 0 Å². The number of hydrogen-bond donors (Lipinski definition) is 1. The van der Waals surface area contributed by atoms with Crippen LogP contribution in [0.1, 0.15) is 25.1 Å². The summed E-state index contributed by atoms with van der Waals surface area (Å²) in [5, 5.41) is 9.80. The monoisotopic (exact) mass is 500 g/mol. The van der Waals surface area contributed by atoms with Crippen LogP contribution in [-0.2, 0) is 16.6 Å². The molecule has 0 radical (unpaired) electrons. The highest BCUT2D eigenvalue weighted by molar-refractivity contribution is 7.89. The van der Waals surface area contributed by atoms with Crippen LogP contribution in [0.5, 0.6) is 5.75 Å². The predicted octanol–water partition coefficient (Wildman–Crippen LogP) is 1.90. The number of ether oxygens (including phenoxy) is 1. The molecule has 3 rings (SSSR count). The van der Waals surface area contributed by atoms with Crippen LogP contribution < -0.4 is 4.74 Å². The Hall–Kier alpha value is -2.48. The average molecular weight is 501 g/mol. The minimum atomic E-state index is -3.87. The first-order valence-corrected chi connectivity index (χ1v) is 13.2. The zero-order valence-electron chi connectivity index (χ0n) is 21.2. The van der Waals surface area contributed by atoms with Crippen molar-refractivity contribution in [3.05, 3.63) is 53.9 Å². The molecule has 1 aliphatic heterocycles. The molecule has 0 saturated carbocycles. The van der Waals surface area contributed by atoms with Gasteiger partial charge >= 0.3 is 0 Å². The number of nitrogens with zero attached hydrogens (tertiary/aromatic N) is 4. The van der Waals surface area contributed by atoms with Gasteiger partial charge < -0.3 is 9.84 Å². The molecule has 2 aromatic rings. The van der Waals surface area contributed by atoms with Crippen LogP contribution in [0.2, 0.25) is 0 Å². The molecule has 35 heavy (non-hydrogen) atoms. The summed E-state index contributed by atoms with van der Waals surface area (Å²) in [6, 6.07) is 10.2. The lowest BCUT2D eigenvalue weighted by atomic mass is 10.0. The minimum absolute atomic E-state index is 0.0974. The van der Waals surface area contributed by atoms with Gasteiger partial charge in [-0.3, -0.25) is 14.8 Å². The minimum Gasteiger partial charge on any atom is -0.487 e. The fourth-order valence-electron chi connectivity index (χ4n) is 3.96. The Morgan fingerprint density at radius 2 is 2.03 bits per heavy atom. The summed E-state index contributed by atoms with van der Waals surface area (Å²) in [6.07, 6.45) is 1.49. The lowest BCUT2D eigenvalue weighted by molar-refractivity contribution is 0.0730. The van der Waals surface area contributed by atoms with Crippen LogP contribution in [0, 0.1) is 17.8 Å². The van der Waals surface area contributed by atoms with Gasteiger partial charge in [-0.05, 0) is 58.4 Å². The molecule has 0 saturated heterocycles. The molecule has 0 aliphatic carbocycles. The van der Waals surface area contributed by atoms with E-state index < -0.39 is 16.1 Å². The molecule has 1 aromatic carbocycles. The molecule has 1 N–H and O–H groups in total. The first-order valence-electron chi connectivity index (χ1n) is 11.8. The molecule has 1 aliphatic rings. The highest BCUT2D eigenvalue weighted by Gasteiger charge is 2.38. The van der Waals surface area contributed by atoms with E-state index in [1.165, 1.54) is 4.31 Å². The number of sulfonamides is 1. The summed E-state index contributed by atoms with van der Waals surface area (Å²) in [6.45, 7) is 5.50. The fourth-order valence-corrected chi connectivity index (χ4v) is 5.79. The van der Waals surface area contributed by atoms with Gasteiger partial charge in [0.25, 0.3) is 0 Å². The van der Waals surface area contributed by atoms with Crippen molar-refractivity contribution in [1.29, 1.82) is 0 Å². The van der Waals surface area contributed by atoms with Crippen LogP contribution in [0.3, 0.4) is 0 Å². The van der Waals surface area contributed by atoms with Crippen LogP contribution >= 0.6 is 0 Å². The van der Waals surface area contributed by atoms with E-state index in [0.29, 0.717) is 30.9 Å². The Kier molecular flexibility index (Phi) is 9.27. The van der Waals surface area contributed by atoms with Crippen molar-refractivity contribution in [3.8, 4) is 17.6 Å². The molecular weight excluding hydrogens is 464 g/mol. The number of aromatic nitrogens is 1. The van der Waals surface area contributed by atoms with Gasteiger partial charge in [0.05, 0.1) is 18.8 Å². The largest absolute Gasteiger partial charge is 0.487 e. The Morgan fingerprint density at radius 3 is 2.69 bits per heavy atom. The molecule has 3 atom stereocenters. The summed E-state index contributed by atoms with van der Waals surface area (Å²) >= 11 is 0. The summed E-state index contributed by atoms with van der Waals surface area (Å²) in [4.78, 5) is 8.59. The normalized spacial score (nSPS) is 20.8. The van der Waals surface area contributed by atoms with Gasteiger partial charge in [0.1, 0.15) is 16.7 Å². The summed E-state index contributed by atoms with van der Waals surface area (Å²) in [5.41, 5.74) is 1.64. The second-order valence-electron chi connectivity index (χ2n) is 9.46. The maximum atomic E-state index is 13.6. The molecule has 0 unspecified atom stereocenters. The van der Waals surface area contributed by atoms with Crippen molar-refractivity contribution < 1.29 is 18.3 Å². The number of hydrogen-bond acceptors (Lipinski definition) is 7. The van der Waals surface area contributed by atoms with E-state index in [-0.39, 0.29) is 30.1 Å². The van der Waals surface area contributed by atoms with Gasteiger partial charge in [-0.1, -0.05) is 24.8 Å². The topological polar surface area (TPSA) is 86.2 Å². The van der Waals surface area contributed by atoms with E-state index in [2.05, 4.69) is 21.7 Å². The molecule has 1 aromatic heterocycles. The smallest absolute Gasteiger partial charge is 0.247 e. The average Bonchev–Trinajstić information content (AvgIpc) is 2.81. The fraction of sp³-hybridized carbons (Fsp3) is 0.500. The molecule has 8 nitrogen and oxygen atoms in total. The van der Waals surface area contributed by atoms with Gasteiger partial charge in [-0.15, -0.1) is 0 Å². The first kappa shape index (κ1) is 27.1. The summed E-state index contributed by atoms with van der Waals surface area (Å²) in [5.74, 6) is 6.35. The van der Waals surface area contributed by atoms with Gasteiger partial charge in [0.15, 0.2) is 0 Å². The lowest BCUT2D eigenvalue weighted by Gasteiger charge is -2.37. The van der Waals surface area contributed by atoms with Gasteiger partial charge in [0.2, 0.25) is 10.0 Å². The maximum absolute atomic E-state index is 13.6. The van der Waals surface area contributed by atoms with Crippen molar-refractivity contribution in [2.24, 2.45) is 5.92 Å². The number of benzene rings is 1. The van der Waals surface area contributed by atoms with E-state index in [1.807, 2.05) is 51.2 Å². The Morgan fingerprint density at radius 1 is 1.26 bits per heavy atom. The van der Waals surface area contributed by atoms with E-state index >= 15 is 0 Å². The lowest BCUT2D eigenvalue weighted by Crippen LogP contribution is -2.49. The standard InChI is InChI=1S/C26H36N4O4S/c1-20-16-30(21(2)19-31)35(32,33)26-12-11-22(9-8-14-28(3)4)15-24(26)34-25(20)18-29(5)17-23-10-6-7-13-27-23/h6-7,10-13,15,20-21,25,31H,14,16-19H2,1-5H3/t20-,21-,25-/m1/s1. The van der Waals surface area contributed by atoms with Crippen molar-refractivity contribution in [2.75, 3.05) is 47.4 Å². The van der Waals surface area contributed by atoms with Gasteiger partial charge in [0, 0.05) is 43.4 Å². The number of pyridine rings is 1. The zero-order valence-corrected chi connectivity index (χ0v) is 22.0. The number of rotatable bonds is 7. The third kappa shape index (κ3) is 7.03. The summed E-state index contributed by atoms with van der Waals surface area (Å²) < 4.78 is 35.0. The van der Waals surface area contributed by atoms with E-state index in [9.17, 15) is 13.5 Å². The summed E-state index contributed by atoms with van der Waals surface area (Å²) in [7, 11) is 2.01. The maximum Gasteiger partial charge on any atom is 0.247 e. The van der Waals surface area contributed by atoms with E-state index in [0.717, 1.165) is 5.69 Å². The van der Waals surface area contributed by atoms with Crippen molar-refractivity contribution in [1.82, 2.24) is 19.1 Å². The van der Waals surface area contributed by atoms with Crippen LogP contribution in [-0.4, -0.2) is 92.1 Å². The van der Waals surface area contributed by atoms with Crippen molar-refractivity contribution >= 4 is 10.0 Å². The SMILES string of the molecule is C[C@@H]1CN([C@H](C)CO)S(=O)(=O)c2ccc(C#CCN(C)C)cc2O[C@@H]1CN(C)Cc1ccccn1. The van der Waals surface area contributed by atoms with Crippen molar-refractivity contribution in [2.45, 2.75) is 37.4 Å². The molecule has 0 fully saturated rings. The number of aliphatic hydroxyl groups is 1. The number of likely N-dealkylation sites (N-methyl/N-ethyl adjacent to an activating group) is 1. The number of aliphatic hydroxyl groups excluding tert-OH is 1. The molecule has 0 spiro atoms. The Labute approximate surface area is 209 Å². The van der Waals surface area contributed by atoms with Crippen LogP contribution in [0.4, 0.5) is 0 Å². The third-order valence-electron chi connectivity index (χ3n) is 5.94. The second-order valence-corrected chi connectivity index (χ2v) is 11.3. The highest BCUT2D eigenvalue weighted by Crippen LogP contribution is 2.34. The number of fused-ring (bicyclic) bond motifs is 1. The molecule has 2 heterocycles. The second kappa shape index (κ2) is 12.0. The van der Waals surface area contributed by atoms with E-state index in [1.54, 1.807) is 31.3 Å². The van der Waals surface area contributed by atoms with Crippen molar-refractivity contribution in [3.63, 3.8) is 0 Å². The van der Waals surface area contributed by atoms with Gasteiger partial charge in [-0.25, -0.2) is 8.42 Å². The van der Waals surface area contributed by atoms with E-state index in [4.69, 9.17) is 4.74 Å². The molecular formula is C26H36N4O4S. The van der Waals surface area contributed by atoms with Crippen LogP contribution in [0.15, 0.2) is 47.5 Å². The zero-order chi connectivity index (χ0) is 25.6. The molecule has 0 amide bonds. The Balaban J connectivity index is 1.97. The molecule has 0 bridgehead atoms. The first-order chi connectivity index (χ1) is 16.6. The molecule has 190 valence electrons.